The van der Waals surface area contributed by atoms with Crippen molar-refractivity contribution in [1.82, 2.24) is 4.90 Å². The molecule has 1 aromatic rings. The quantitative estimate of drug-likeness (QED) is 0.830. The van der Waals surface area contributed by atoms with Gasteiger partial charge in [0.25, 0.3) is 5.91 Å². The first-order valence-electron chi connectivity index (χ1n) is 6.89. The van der Waals surface area contributed by atoms with Crippen LogP contribution in [-0.2, 0) is 14.8 Å². The summed E-state index contributed by atoms with van der Waals surface area (Å²) in [6, 6.07) is 6.63. The van der Waals surface area contributed by atoms with Crippen molar-refractivity contribution in [2.24, 2.45) is 0 Å². The number of rotatable bonds is 4. The molecule has 0 bridgehead atoms. The zero-order valence-electron chi connectivity index (χ0n) is 12.3. The number of nitrogens with zero attached hydrogens (tertiary/aromatic N) is 2. The van der Waals surface area contributed by atoms with Crippen molar-refractivity contribution >= 4 is 21.6 Å². The summed E-state index contributed by atoms with van der Waals surface area (Å²) in [5.74, 6) is -0.0105. The topological polar surface area (TPSA) is 66.9 Å². The highest BCUT2D eigenvalue weighted by Gasteiger charge is 2.20. The van der Waals surface area contributed by atoms with Gasteiger partial charge in [-0.1, -0.05) is 0 Å². The van der Waals surface area contributed by atoms with Crippen LogP contribution in [0.1, 0.15) is 17.3 Å². The van der Waals surface area contributed by atoms with Crippen molar-refractivity contribution in [2.75, 3.05) is 43.4 Å². The molecule has 7 heteroatoms. The predicted octanol–water partition coefficient (Wildman–Crippen LogP) is 0.945. The van der Waals surface area contributed by atoms with Crippen molar-refractivity contribution in [2.45, 2.75) is 6.92 Å². The summed E-state index contributed by atoms with van der Waals surface area (Å²) in [7, 11) is -1.77. The Morgan fingerprint density at radius 3 is 2.33 bits per heavy atom. The van der Waals surface area contributed by atoms with Crippen LogP contribution in [0, 0.1) is 0 Å². The van der Waals surface area contributed by atoms with Crippen molar-refractivity contribution in [3.63, 3.8) is 0 Å². The van der Waals surface area contributed by atoms with Gasteiger partial charge in [-0.15, -0.1) is 0 Å². The van der Waals surface area contributed by atoms with E-state index < -0.39 is 10.0 Å². The van der Waals surface area contributed by atoms with Crippen LogP contribution in [0.3, 0.4) is 0 Å². The van der Waals surface area contributed by atoms with Crippen molar-refractivity contribution < 1.29 is 17.9 Å². The second-order valence-electron chi connectivity index (χ2n) is 4.82. The number of hydrogen-bond donors (Lipinski definition) is 0. The number of benzene rings is 1. The minimum atomic E-state index is -3.28. The van der Waals surface area contributed by atoms with E-state index in [-0.39, 0.29) is 11.7 Å². The smallest absolute Gasteiger partial charge is 0.254 e. The van der Waals surface area contributed by atoms with Crippen LogP contribution in [0.25, 0.3) is 0 Å². The first-order valence-corrected chi connectivity index (χ1v) is 8.50. The Kier molecular flexibility index (Phi) is 4.84. The summed E-state index contributed by atoms with van der Waals surface area (Å²) in [5.41, 5.74) is 1.11. The molecule has 1 aliphatic heterocycles. The third kappa shape index (κ3) is 3.54. The number of ether oxygens (including phenoxy) is 1. The molecule has 0 unspecified atom stereocenters. The second-order valence-corrected chi connectivity index (χ2v) is 7.11. The van der Waals surface area contributed by atoms with Gasteiger partial charge in [0, 0.05) is 25.7 Å². The van der Waals surface area contributed by atoms with Crippen molar-refractivity contribution in [1.29, 1.82) is 0 Å². The van der Waals surface area contributed by atoms with Gasteiger partial charge < -0.3 is 9.64 Å². The minimum absolute atomic E-state index is 0.0396. The number of carbonyl (C=O) groups excluding carboxylic acids is 1. The molecule has 0 aliphatic carbocycles. The number of morpholine rings is 1. The molecule has 0 spiro atoms. The normalized spacial score (nSPS) is 15.8. The number of carbonyl (C=O) groups is 1. The molecule has 2 rings (SSSR count). The van der Waals surface area contributed by atoms with Crippen LogP contribution in [0.5, 0.6) is 0 Å². The maximum atomic E-state index is 12.3. The SMILES string of the molecule is CCS(=O)(=O)N(C)c1ccc(C(=O)N2CCOCC2)cc1. The van der Waals surface area contributed by atoms with E-state index in [9.17, 15) is 13.2 Å². The molecule has 0 N–H and O–H groups in total. The molecular weight excluding hydrogens is 292 g/mol. The van der Waals surface area contributed by atoms with Gasteiger partial charge in [-0.3, -0.25) is 9.10 Å². The van der Waals surface area contributed by atoms with E-state index in [0.29, 0.717) is 37.6 Å². The molecule has 0 radical (unpaired) electrons. The summed E-state index contributed by atoms with van der Waals surface area (Å²) in [4.78, 5) is 14.0. The summed E-state index contributed by atoms with van der Waals surface area (Å²) in [6.45, 7) is 3.89. The fourth-order valence-corrected chi connectivity index (χ4v) is 2.95. The van der Waals surface area contributed by atoms with Gasteiger partial charge in [0.2, 0.25) is 10.0 Å². The Bertz CT molecular complexity index is 592. The summed E-state index contributed by atoms with van der Waals surface area (Å²) >= 11 is 0. The monoisotopic (exact) mass is 312 g/mol. The lowest BCUT2D eigenvalue weighted by atomic mass is 10.1. The third-order valence-electron chi connectivity index (χ3n) is 3.56. The Labute approximate surface area is 125 Å². The van der Waals surface area contributed by atoms with Crippen LogP contribution in [0.2, 0.25) is 0 Å². The lowest BCUT2D eigenvalue weighted by Gasteiger charge is -2.27. The van der Waals surface area contributed by atoms with E-state index >= 15 is 0 Å². The summed E-state index contributed by atoms with van der Waals surface area (Å²) in [5, 5.41) is 0. The molecule has 6 nitrogen and oxygen atoms in total. The molecule has 116 valence electrons. The highest BCUT2D eigenvalue weighted by Crippen LogP contribution is 2.18. The molecule has 0 atom stereocenters. The van der Waals surface area contributed by atoms with Gasteiger partial charge in [-0.25, -0.2) is 8.42 Å². The molecule has 1 fully saturated rings. The average molecular weight is 312 g/mol. The van der Waals surface area contributed by atoms with E-state index in [1.165, 1.54) is 11.4 Å². The Morgan fingerprint density at radius 2 is 1.81 bits per heavy atom. The van der Waals surface area contributed by atoms with Crippen LogP contribution < -0.4 is 4.31 Å². The molecule has 1 aliphatic rings. The fraction of sp³-hybridized carbons (Fsp3) is 0.500. The van der Waals surface area contributed by atoms with E-state index in [4.69, 9.17) is 4.74 Å². The van der Waals surface area contributed by atoms with E-state index in [2.05, 4.69) is 0 Å². The van der Waals surface area contributed by atoms with Crippen LogP contribution >= 0.6 is 0 Å². The molecular formula is C14H20N2O4S. The maximum absolute atomic E-state index is 12.3. The first kappa shape index (κ1) is 15.8. The largest absolute Gasteiger partial charge is 0.378 e. The predicted molar refractivity (Wildman–Crippen MR) is 81.0 cm³/mol. The molecule has 1 aromatic carbocycles. The zero-order chi connectivity index (χ0) is 15.5. The molecule has 1 saturated heterocycles. The number of hydrogen-bond acceptors (Lipinski definition) is 4. The van der Waals surface area contributed by atoms with E-state index in [1.807, 2.05) is 0 Å². The van der Waals surface area contributed by atoms with Crippen LogP contribution in [-0.4, -0.2) is 58.3 Å². The van der Waals surface area contributed by atoms with Gasteiger partial charge in [0.1, 0.15) is 0 Å². The van der Waals surface area contributed by atoms with E-state index in [1.54, 1.807) is 36.1 Å². The number of amides is 1. The molecule has 0 aromatic heterocycles. The summed E-state index contributed by atoms with van der Waals surface area (Å²) < 4.78 is 30.1. The van der Waals surface area contributed by atoms with Crippen LogP contribution in [0.4, 0.5) is 5.69 Å². The van der Waals surface area contributed by atoms with Crippen LogP contribution in [0.15, 0.2) is 24.3 Å². The Hall–Kier alpha value is -1.60. The van der Waals surface area contributed by atoms with Gasteiger partial charge in [-0.2, -0.15) is 0 Å². The summed E-state index contributed by atoms with van der Waals surface area (Å²) in [6.07, 6.45) is 0. The molecule has 0 saturated carbocycles. The maximum Gasteiger partial charge on any atom is 0.254 e. The van der Waals surface area contributed by atoms with Gasteiger partial charge in [-0.05, 0) is 31.2 Å². The first-order chi connectivity index (χ1) is 9.95. The van der Waals surface area contributed by atoms with Gasteiger partial charge in [0.15, 0.2) is 0 Å². The van der Waals surface area contributed by atoms with Gasteiger partial charge >= 0.3 is 0 Å². The van der Waals surface area contributed by atoms with Gasteiger partial charge in [0.05, 0.1) is 24.7 Å². The molecule has 1 heterocycles. The Balaban J connectivity index is 2.13. The van der Waals surface area contributed by atoms with E-state index in [0.717, 1.165) is 0 Å². The highest BCUT2D eigenvalue weighted by molar-refractivity contribution is 7.92. The number of sulfonamides is 1. The lowest BCUT2D eigenvalue weighted by Crippen LogP contribution is -2.40. The lowest BCUT2D eigenvalue weighted by molar-refractivity contribution is 0.0303. The Morgan fingerprint density at radius 1 is 1.24 bits per heavy atom. The second kappa shape index (κ2) is 6.44. The number of anilines is 1. The minimum Gasteiger partial charge on any atom is -0.378 e. The zero-order valence-corrected chi connectivity index (χ0v) is 13.1. The third-order valence-corrected chi connectivity index (χ3v) is 5.33. The fourth-order valence-electron chi connectivity index (χ4n) is 2.12. The molecule has 1 amide bonds. The highest BCUT2D eigenvalue weighted by atomic mass is 32.2. The average Bonchev–Trinajstić information content (AvgIpc) is 2.54. The van der Waals surface area contributed by atoms with Crippen molar-refractivity contribution in [3.8, 4) is 0 Å². The molecule has 21 heavy (non-hydrogen) atoms. The standard InChI is InChI=1S/C14H20N2O4S/c1-3-21(18,19)15(2)13-6-4-12(5-7-13)14(17)16-8-10-20-11-9-16/h4-7H,3,8-11H2,1-2H3. The van der Waals surface area contributed by atoms with Crippen molar-refractivity contribution in [3.05, 3.63) is 29.8 Å².